The summed E-state index contributed by atoms with van der Waals surface area (Å²) in [4.78, 5) is 14.3. The number of sulfone groups is 1. The van der Waals surface area contributed by atoms with Crippen molar-refractivity contribution in [2.24, 2.45) is 5.73 Å². The van der Waals surface area contributed by atoms with Crippen molar-refractivity contribution < 1.29 is 35.2 Å². The highest BCUT2D eigenvalue weighted by Gasteiger charge is 2.67. The lowest BCUT2D eigenvalue weighted by Gasteiger charge is -2.27. The first-order chi connectivity index (χ1) is 14.3. The number of primary amides is 1. The number of anilines is 3. The molecule has 0 saturated heterocycles. The average molecular weight is 466 g/mol. The van der Waals surface area contributed by atoms with Crippen LogP contribution in [0.5, 0.6) is 0 Å². The lowest BCUT2D eigenvalue weighted by atomic mass is 9.93. The Labute approximate surface area is 172 Å². The lowest BCUT2D eigenvalue weighted by molar-refractivity contribution is -0.241. The lowest BCUT2D eigenvalue weighted by Crippen LogP contribution is -2.43. The number of rotatable bonds is 7. The van der Waals surface area contributed by atoms with Crippen molar-refractivity contribution in [3.05, 3.63) is 30.0 Å². The molecule has 2 aromatic rings. The van der Waals surface area contributed by atoms with Gasteiger partial charge in [-0.1, -0.05) is 0 Å². The Kier molecular flexibility index (Phi) is 5.73. The van der Waals surface area contributed by atoms with Gasteiger partial charge in [-0.05, 0) is 43.5 Å². The Morgan fingerprint density at radius 1 is 1.06 bits per heavy atom. The molecule has 1 heterocycles. The summed E-state index contributed by atoms with van der Waals surface area (Å²) in [5, 5.41) is 6.95. The van der Waals surface area contributed by atoms with E-state index in [2.05, 4.69) is 25.8 Å². The molecule has 0 aliphatic heterocycles. The first kappa shape index (κ1) is 22.6. The highest BCUT2D eigenvalue weighted by Crippen LogP contribution is 2.43. The monoisotopic (exact) mass is 466 g/mol. The van der Waals surface area contributed by atoms with E-state index >= 15 is 0 Å². The normalized spacial score (nSPS) is 15.3. The van der Waals surface area contributed by atoms with Gasteiger partial charge < -0.3 is 16.4 Å². The number of hydrogen-bond donors (Lipinski definition) is 3. The summed E-state index contributed by atoms with van der Waals surface area (Å²) in [6.07, 6.45) is -3.57. The van der Waals surface area contributed by atoms with E-state index in [1.807, 2.05) is 0 Å². The van der Waals surface area contributed by atoms with E-state index in [1.54, 1.807) is 0 Å². The van der Waals surface area contributed by atoms with Crippen molar-refractivity contribution in [3.63, 3.8) is 0 Å². The number of halogens is 5. The van der Waals surface area contributed by atoms with Crippen LogP contribution in [0.3, 0.4) is 0 Å². The number of carbonyl (C=O) groups excluding carboxylic acids is 1. The van der Waals surface area contributed by atoms with Crippen LogP contribution in [0.4, 0.5) is 39.4 Å². The molecular formula is C16H15F5N6O3S. The Morgan fingerprint density at radius 2 is 1.68 bits per heavy atom. The van der Waals surface area contributed by atoms with Crippen LogP contribution in [-0.2, 0) is 9.84 Å². The quantitative estimate of drug-likeness (QED) is 0.529. The molecule has 0 bridgehead atoms. The maximum Gasteiger partial charge on any atom is 0.469 e. The van der Waals surface area contributed by atoms with Gasteiger partial charge in [0.2, 0.25) is 5.95 Å². The molecule has 15 heteroatoms. The fraction of sp³-hybridized carbons (Fsp3) is 0.375. The fourth-order valence-corrected chi connectivity index (χ4v) is 3.63. The molecule has 3 rings (SSSR count). The fourth-order valence-electron chi connectivity index (χ4n) is 2.54. The zero-order valence-corrected chi connectivity index (χ0v) is 16.3. The number of aromatic nitrogens is 3. The van der Waals surface area contributed by atoms with Crippen molar-refractivity contribution >= 4 is 33.2 Å². The smallest absolute Gasteiger partial charge is 0.365 e. The summed E-state index contributed by atoms with van der Waals surface area (Å²) in [5.41, 5.74) is 5.10. The molecule has 1 fully saturated rings. The number of hydrogen-bond acceptors (Lipinski definition) is 8. The number of nitrogens with one attached hydrogen (secondary N) is 2. The minimum atomic E-state index is -6.27. The Bertz CT molecular complexity index is 1090. The average Bonchev–Trinajstić information content (AvgIpc) is 2.64. The number of alkyl halides is 5. The van der Waals surface area contributed by atoms with Gasteiger partial charge in [0, 0.05) is 11.7 Å². The highest BCUT2D eigenvalue weighted by atomic mass is 32.2. The van der Waals surface area contributed by atoms with E-state index in [9.17, 15) is 35.2 Å². The maximum atomic E-state index is 13.3. The Hall–Kier alpha value is -3.10. The summed E-state index contributed by atoms with van der Waals surface area (Å²) in [6, 6.07) is 3.13. The second kappa shape index (κ2) is 7.86. The Balaban J connectivity index is 1.83. The zero-order chi connectivity index (χ0) is 23.0. The number of amides is 1. The van der Waals surface area contributed by atoms with Crippen LogP contribution in [0.15, 0.2) is 29.2 Å². The van der Waals surface area contributed by atoms with E-state index in [-0.39, 0.29) is 29.2 Å². The van der Waals surface area contributed by atoms with Gasteiger partial charge in [-0.15, -0.1) is 10.2 Å². The van der Waals surface area contributed by atoms with Gasteiger partial charge in [-0.2, -0.15) is 26.9 Å². The molecule has 168 valence electrons. The second-order valence-electron chi connectivity index (χ2n) is 6.64. The molecule has 1 aromatic heterocycles. The number of carbonyl (C=O) groups is 1. The molecule has 0 unspecified atom stereocenters. The summed E-state index contributed by atoms with van der Waals surface area (Å²) < 4.78 is 87.3. The van der Waals surface area contributed by atoms with E-state index in [4.69, 9.17) is 5.73 Å². The third-order valence-electron chi connectivity index (χ3n) is 4.45. The molecule has 0 radical (unpaired) electrons. The molecule has 0 spiro atoms. The van der Waals surface area contributed by atoms with Crippen molar-refractivity contribution in [1.29, 1.82) is 0 Å². The van der Waals surface area contributed by atoms with Crippen molar-refractivity contribution in [2.75, 3.05) is 10.6 Å². The van der Waals surface area contributed by atoms with Crippen molar-refractivity contribution in [1.82, 2.24) is 15.2 Å². The van der Waals surface area contributed by atoms with Gasteiger partial charge >= 0.3 is 11.4 Å². The summed E-state index contributed by atoms with van der Waals surface area (Å²) in [6.45, 7) is 0. The van der Waals surface area contributed by atoms with E-state index in [0.29, 0.717) is 12.1 Å². The third kappa shape index (κ3) is 4.35. The number of benzene rings is 1. The van der Waals surface area contributed by atoms with Gasteiger partial charge in [0.05, 0.1) is 4.90 Å². The van der Waals surface area contributed by atoms with Crippen LogP contribution < -0.4 is 16.4 Å². The van der Waals surface area contributed by atoms with Crippen LogP contribution in [-0.4, -0.2) is 47.0 Å². The predicted molar refractivity (Wildman–Crippen MR) is 97.5 cm³/mol. The largest absolute Gasteiger partial charge is 0.469 e. The molecule has 1 aromatic carbocycles. The van der Waals surface area contributed by atoms with E-state index < -0.39 is 32.1 Å². The third-order valence-corrected chi connectivity index (χ3v) is 6.25. The minimum absolute atomic E-state index is 0.0671. The van der Waals surface area contributed by atoms with Crippen LogP contribution in [0, 0.1) is 0 Å². The van der Waals surface area contributed by atoms with Crippen LogP contribution >= 0.6 is 0 Å². The first-order valence-electron chi connectivity index (χ1n) is 8.70. The van der Waals surface area contributed by atoms with E-state index in [0.717, 1.165) is 31.4 Å². The van der Waals surface area contributed by atoms with Gasteiger partial charge in [-0.3, -0.25) is 4.79 Å². The molecular weight excluding hydrogens is 451 g/mol. The molecule has 1 amide bonds. The number of nitrogens with two attached hydrogens (primary N) is 1. The summed E-state index contributed by atoms with van der Waals surface area (Å²) in [7, 11) is -6.01. The summed E-state index contributed by atoms with van der Waals surface area (Å²) in [5.74, 6) is -0.949. The van der Waals surface area contributed by atoms with Gasteiger partial charge in [0.1, 0.15) is 0 Å². The Morgan fingerprint density at radius 3 is 2.16 bits per heavy atom. The van der Waals surface area contributed by atoms with Gasteiger partial charge in [0.25, 0.3) is 15.7 Å². The van der Waals surface area contributed by atoms with Gasteiger partial charge in [0.15, 0.2) is 11.5 Å². The van der Waals surface area contributed by atoms with Gasteiger partial charge in [-0.25, -0.2) is 8.42 Å². The molecule has 1 aliphatic rings. The topological polar surface area (TPSA) is 140 Å². The highest BCUT2D eigenvalue weighted by molar-refractivity contribution is 7.92. The first-order valence-corrected chi connectivity index (χ1v) is 10.2. The second-order valence-corrected chi connectivity index (χ2v) is 8.63. The molecule has 1 saturated carbocycles. The van der Waals surface area contributed by atoms with E-state index in [1.165, 1.54) is 0 Å². The number of nitrogens with zero attached hydrogens (tertiary/aromatic N) is 3. The maximum absolute atomic E-state index is 13.3. The SMILES string of the molecule is NC(=O)c1nnc(Nc2ccc(S(=O)(=O)C(F)(F)C(F)(F)F)cc2)nc1NC1CCC1. The standard InChI is InChI=1S/C16H15F5N6O3S/c17-15(18,19)16(20,21)31(29,30)10-6-4-9(5-7-10)24-14-25-13(23-8-2-1-3-8)11(12(22)28)26-27-14/h4-8H,1-3H2,(H2,22,28)(H2,23,24,25,27). The van der Waals surface area contributed by atoms with Crippen molar-refractivity contribution in [2.45, 2.75) is 41.6 Å². The zero-order valence-electron chi connectivity index (χ0n) is 15.4. The van der Waals surface area contributed by atoms with Crippen LogP contribution in [0.2, 0.25) is 0 Å². The minimum Gasteiger partial charge on any atom is -0.365 e. The molecule has 31 heavy (non-hydrogen) atoms. The predicted octanol–water partition coefficient (Wildman–Crippen LogP) is 2.61. The van der Waals surface area contributed by atoms with Crippen molar-refractivity contribution in [3.8, 4) is 0 Å². The molecule has 9 nitrogen and oxygen atoms in total. The summed E-state index contributed by atoms with van der Waals surface area (Å²) >= 11 is 0. The van der Waals surface area contributed by atoms with Crippen LogP contribution in [0.25, 0.3) is 0 Å². The van der Waals surface area contributed by atoms with Crippen LogP contribution in [0.1, 0.15) is 29.8 Å². The molecule has 1 aliphatic carbocycles. The molecule has 0 atom stereocenters. The molecule has 4 N–H and O–H groups in total.